The van der Waals surface area contributed by atoms with E-state index in [1.165, 1.54) is 0 Å². The maximum atomic E-state index is 12.7. The molecule has 2 aromatic rings. The Morgan fingerprint density at radius 3 is 2.26 bits per heavy atom. The first-order valence-electron chi connectivity index (χ1n) is 9.12. The Labute approximate surface area is 160 Å². The van der Waals surface area contributed by atoms with E-state index in [4.69, 9.17) is 0 Å². The molecule has 144 valence electrons. The molecule has 0 radical (unpaired) electrons. The minimum absolute atomic E-state index is 0.0162. The van der Waals surface area contributed by atoms with Crippen LogP contribution >= 0.6 is 0 Å². The molecule has 0 unspecified atom stereocenters. The van der Waals surface area contributed by atoms with Gasteiger partial charge in [-0.1, -0.05) is 48.5 Å². The maximum absolute atomic E-state index is 12.7. The van der Waals surface area contributed by atoms with E-state index in [2.05, 4.69) is 5.32 Å². The number of carbonyl (C=O) groups excluding carboxylic acids is 1. The zero-order chi connectivity index (χ0) is 19.1. The second kappa shape index (κ2) is 9.12. The molecule has 6 nitrogen and oxygen atoms in total. The number of nitrogens with one attached hydrogen (secondary N) is 1. The van der Waals surface area contributed by atoms with Crippen LogP contribution in [0, 0.1) is 0 Å². The zero-order valence-electron chi connectivity index (χ0n) is 15.3. The first kappa shape index (κ1) is 19.5. The highest BCUT2D eigenvalue weighted by atomic mass is 32.2. The molecule has 3 rings (SSSR count). The molecule has 0 aliphatic carbocycles. The molecule has 1 aliphatic heterocycles. The van der Waals surface area contributed by atoms with Crippen LogP contribution in [0.25, 0.3) is 0 Å². The van der Waals surface area contributed by atoms with E-state index in [0.29, 0.717) is 32.6 Å². The molecule has 0 bridgehead atoms. The van der Waals surface area contributed by atoms with Crippen LogP contribution in [0.4, 0.5) is 5.69 Å². The molecule has 0 atom stereocenters. The molecular formula is C20H25N3O3S. The van der Waals surface area contributed by atoms with Crippen LogP contribution in [0.3, 0.4) is 0 Å². The molecule has 0 aromatic heterocycles. The predicted octanol–water partition coefficient (Wildman–Crippen LogP) is 2.16. The Morgan fingerprint density at radius 1 is 0.889 bits per heavy atom. The van der Waals surface area contributed by atoms with E-state index in [9.17, 15) is 13.2 Å². The van der Waals surface area contributed by atoms with Gasteiger partial charge in [0.05, 0.1) is 12.3 Å². The van der Waals surface area contributed by atoms with E-state index in [-0.39, 0.29) is 18.2 Å². The van der Waals surface area contributed by atoms with Gasteiger partial charge in [-0.05, 0) is 30.7 Å². The van der Waals surface area contributed by atoms with E-state index < -0.39 is 10.0 Å². The summed E-state index contributed by atoms with van der Waals surface area (Å²) in [6, 6.07) is 18.6. The highest BCUT2D eigenvalue weighted by molar-refractivity contribution is 7.88. The van der Waals surface area contributed by atoms with Crippen molar-refractivity contribution in [2.45, 2.75) is 12.2 Å². The highest BCUT2D eigenvalue weighted by Crippen LogP contribution is 2.14. The molecule has 1 heterocycles. The van der Waals surface area contributed by atoms with Crippen LogP contribution in [0.5, 0.6) is 0 Å². The normalized spacial score (nSPS) is 16.6. The molecular weight excluding hydrogens is 362 g/mol. The average molecular weight is 388 g/mol. The van der Waals surface area contributed by atoms with Crippen LogP contribution in [0.1, 0.15) is 12.0 Å². The number of hydrogen-bond acceptors (Lipinski definition) is 4. The minimum atomic E-state index is -3.35. The number of amides is 1. The molecule has 1 aliphatic rings. The minimum Gasteiger partial charge on any atom is -0.325 e. The van der Waals surface area contributed by atoms with E-state index in [1.807, 2.05) is 65.6 Å². The van der Waals surface area contributed by atoms with Crippen molar-refractivity contribution in [3.63, 3.8) is 0 Å². The third-order valence-electron chi connectivity index (χ3n) is 4.56. The molecule has 1 fully saturated rings. The first-order valence-corrected chi connectivity index (χ1v) is 10.7. The van der Waals surface area contributed by atoms with Crippen LogP contribution in [-0.2, 0) is 20.6 Å². The summed E-state index contributed by atoms with van der Waals surface area (Å²) in [6.07, 6.45) is 0.715. The summed E-state index contributed by atoms with van der Waals surface area (Å²) in [7, 11) is -3.35. The second-order valence-electron chi connectivity index (χ2n) is 6.68. The summed E-state index contributed by atoms with van der Waals surface area (Å²) in [4.78, 5) is 14.2. The monoisotopic (exact) mass is 387 g/mol. The number of carbonyl (C=O) groups is 1. The predicted molar refractivity (Wildman–Crippen MR) is 107 cm³/mol. The lowest BCUT2D eigenvalue weighted by Gasteiger charge is -2.21. The van der Waals surface area contributed by atoms with Gasteiger partial charge in [0, 0.05) is 25.3 Å². The van der Waals surface area contributed by atoms with E-state index in [0.717, 1.165) is 11.3 Å². The summed E-state index contributed by atoms with van der Waals surface area (Å²) in [5, 5.41) is 2.87. The standard InChI is InChI=1S/C20H25N3O3S/c24-20(21-19-10-5-2-6-11-19)16-22-12-7-13-23(15-14-22)27(25,26)17-18-8-3-1-4-9-18/h1-6,8-11H,7,12-17H2,(H,21,24). The van der Waals surface area contributed by atoms with Gasteiger partial charge >= 0.3 is 0 Å². The third-order valence-corrected chi connectivity index (χ3v) is 6.41. The van der Waals surface area contributed by atoms with Crippen molar-refractivity contribution in [2.75, 3.05) is 38.0 Å². The fraction of sp³-hybridized carbons (Fsp3) is 0.350. The maximum Gasteiger partial charge on any atom is 0.238 e. The van der Waals surface area contributed by atoms with Crippen molar-refractivity contribution in [2.24, 2.45) is 0 Å². The average Bonchev–Trinajstić information content (AvgIpc) is 2.89. The molecule has 2 aromatic carbocycles. The van der Waals surface area contributed by atoms with Gasteiger partial charge in [-0.15, -0.1) is 0 Å². The topological polar surface area (TPSA) is 69.7 Å². The van der Waals surface area contributed by atoms with Gasteiger partial charge < -0.3 is 5.32 Å². The number of hydrogen-bond donors (Lipinski definition) is 1. The number of sulfonamides is 1. The Balaban J connectivity index is 1.53. The largest absolute Gasteiger partial charge is 0.325 e. The van der Waals surface area contributed by atoms with Gasteiger partial charge in [0.25, 0.3) is 0 Å². The van der Waals surface area contributed by atoms with Gasteiger partial charge in [0.1, 0.15) is 0 Å². The first-order chi connectivity index (χ1) is 13.0. The van der Waals surface area contributed by atoms with Crippen molar-refractivity contribution in [1.82, 2.24) is 9.21 Å². The van der Waals surface area contributed by atoms with Crippen molar-refractivity contribution in [1.29, 1.82) is 0 Å². The molecule has 0 spiro atoms. The summed E-state index contributed by atoms with van der Waals surface area (Å²) in [6.45, 7) is 2.43. The Hall–Kier alpha value is -2.22. The number of nitrogens with zero attached hydrogens (tertiary/aromatic N) is 2. The van der Waals surface area contributed by atoms with Gasteiger partial charge in [-0.25, -0.2) is 12.7 Å². The van der Waals surface area contributed by atoms with Crippen LogP contribution in [-0.4, -0.2) is 56.3 Å². The summed E-state index contributed by atoms with van der Waals surface area (Å²) >= 11 is 0. The molecule has 1 N–H and O–H groups in total. The van der Waals surface area contributed by atoms with Gasteiger partial charge in [-0.3, -0.25) is 9.69 Å². The zero-order valence-corrected chi connectivity index (χ0v) is 16.1. The van der Waals surface area contributed by atoms with Gasteiger partial charge in [0.15, 0.2) is 0 Å². The quantitative estimate of drug-likeness (QED) is 0.825. The lowest BCUT2D eigenvalue weighted by atomic mass is 10.2. The highest BCUT2D eigenvalue weighted by Gasteiger charge is 2.26. The number of anilines is 1. The summed E-state index contributed by atoms with van der Waals surface area (Å²) in [5.41, 5.74) is 1.56. The summed E-state index contributed by atoms with van der Waals surface area (Å²) in [5.74, 6) is -0.0655. The van der Waals surface area contributed by atoms with Crippen LogP contribution in [0.2, 0.25) is 0 Å². The molecule has 1 saturated heterocycles. The molecule has 0 saturated carbocycles. The second-order valence-corrected chi connectivity index (χ2v) is 8.65. The lowest BCUT2D eigenvalue weighted by Crippen LogP contribution is -2.38. The lowest BCUT2D eigenvalue weighted by molar-refractivity contribution is -0.117. The fourth-order valence-corrected chi connectivity index (χ4v) is 4.75. The van der Waals surface area contributed by atoms with Crippen molar-refractivity contribution < 1.29 is 13.2 Å². The third kappa shape index (κ3) is 5.89. The smallest absolute Gasteiger partial charge is 0.238 e. The van der Waals surface area contributed by atoms with E-state index in [1.54, 1.807) is 4.31 Å². The van der Waals surface area contributed by atoms with Crippen LogP contribution in [0.15, 0.2) is 60.7 Å². The number of rotatable bonds is 6. The van der Waals surface area contributed by atoms with E-state index >= 15 is 0 Å². The number of para-hydroxylation sites is 1. The Kier molecular flexibility index (Phi) is 6.60. The van der Waals surface area contributed by atoms with Crippen molar-refractivity contribution in [3.8, 4) is 0 Å². The Bertz CT molecular complexity index is 841. The molecule has 1 amide bonds. The van der Waals surface area contributed by atoms with Crippen molar-refractivity contribution >= 4 is 21.6 Å². The molecule has 7 heteroatoms. The van der Waals surface area contributed by atoms with Crippen LogP contribution < -0.4 is 5.32 Å². The van der Waals surface area contributed by atoms with Crippen molar-refractivity contribution in [3.05, 3.63) is 66.2 Å². The molecule has 27 heavy (non-hydrogen) atoms. The Morgan fingerprint density at radius 2 is 1.56 bits per heavy atom. The fourth-order valence-electron chi connectivity index (χ4n) is 3.18. The van der Waals surface area contributed by atoms with Gasteiger partial charge in [0.2, 0.25) is 15.9 Å². The van der Waals surface area contributed by atoms with Gasteiger partial charge in [-0.2, -0.15) is 0 Å². The number of benzene rings is 2. The SMILES string of the molecule is O=C(CN1CCCN(S(=O)(=O)Cc2ccccc2)CC1)Nc1ccccc1. The summed E-state index contributed by atoms with van der Waals surface area (Å²) < 4.78 is 27.0.